The van der Waals surface area contributed by atoms with Crippen LogP contribution in [0.15, 0.2) is 16.7 Å². The fourth-order valence-electron chi connectivity index (χ4n) is 2.53. The molecule has 1 aliphatic rings. The topological polar surface area (TPSA) is 76.3 Å². The lowest BCUT2D eigenvalue weighted by atomic mass is 10.0. The van der Waals surface area contributed by atoms with Crippen LogP contribution in [0.1, 0.15) is 33.2 Å². The van der Waals surface area contributed by atoms with E-state index >= 15 is 0 Å². The smallest absolute Gasteiger partial charge is 0.299 e. The van der Waals surface area contributed by atoms with Gasteiger partial charge in [0, 0.05) is 6.92 Å². The Kier molecular flexibility index (Phi) is 2.67. The molecule has 1 aliphatic heterocycles. The van der Waals surface area contributed by atoms with Gasteiger partial charge in [-0.1, -0.05) is 11.2 Å². The molecule has 1 amide bonds. The van der Waals surface area contributed by atoms with Crippen molar-refractivity contribution >= 4 is 17.4 Å². The Bertz CT molecular complexity index is 733. The van der Waals surface area contributed by atoms with Gasteiger partial charge < -0.3 is 4.52 Å². The van der Waals surface area contributed by atoms with Gasteiger partial charge in [-0.2, -0.15) is 4.98 Å². The number of aryl methyl sites for hydroxylation is 3. The van der Waals surface area contributed by atoms with Crippen molar-refractivity contribution in [2.45, 2.75) is 27.3 Å². The van der Waals surface area contributed by atoms with Crippen molar-refractivity contribution in [2.24, 2.45) is 0 Å². The van der Waals surface area contributed by atoms with Gasteiger partial charge in [0.25, 0.3) is 11.7 Å². The second kappa shape index (κ2) is 4.26. The van der Waals surface area contributed by atoms with Gasteiger partial charge in [-0.25, -0.2) is 0 Å². The summed E-state index contributed by atoms with van der Waals surface area (Å²) < 4.78 is 4.89. The van der Waals surface area contributed by atoms with Gasteiger partial charge in [-0.15, -0.1) is 0 Å². The molecule has 0 radical (unpaired) electrons. The summed E-state index contributed by atoms with van der Waals surface area (Å²) in [5, 5.41) is 3.77. The number of ketones is 1. The first-order valence-electron chi connectivity index (χ1n) is 6.24. The van der Waals surface area contributed by atoms with Crippen LogP contribution in [-0.2, 0) is 11.3 Å². The monoisotopic (exact) mass is 271 g/mol. The Labute approximate surface area is 115 Å². The second-order valence-corrected chi connectivity index (χ2v) is 4.93. The number of benzene rings is 1. The number of hydrogen-bond donors (Lipinski definition) is 0. The first kappa shape index (κ1) is 12.5. The van der Waals surface area contributed by atoms with Gasteiger partial charge in [-0.3, -0.25) is 14.5 Å². The second-order valence-electron chi connectivity index (χ2n) is 4.93. The Morgan fingerprint density at radius 1 is 1.20 bits per heavy atom. The molecule has 0 saturated carbocycles. The molecular weight excluding hydrogens is 258 g/mol. The zero-order valence-electron chi connectivity index (χ0n) is 11.4. The predicted molar refractivity (Wildman–Crippen MR) is 70.5 cm³/mol. The third-order valence-corrected chi connectivity index (χ3v) is 3.27. The van der Waals surface area contributed by atoms with Crippen LogP contribution in [0, 0.1) is 20.8 Å². The number of anilines is 1. The standard InChI is InChI=1S/C14H13N3O3/c1-7-4-8(2)12-10(5-7)13(18)14(19)17(12)6-11-15-9(3)20-16-11/h4-5H,6H2,1-3H3. The van der Waals surface area contributed by atoms with Crippen LogP contribution in [0.25, 0.3) is 0 Å². The SMILES string of the molecule is Cc1cc(C)c2c(c1)C(=O)C(=O)N2Cc1noc(C)n1. The molecule has 0 saturated heterocycles. The predicted octanol–water partition coefficient (Wildman–Crippen LogP) is 1.72. The molecule has 1 aromatic carbocycles. The minimum absolute atomic E-state index is 0.138. The molecule has 0 N–H and O–H groups in total. The summed E-state index contributed by atoms with van der Waals surface area (Å²) in [5.41, 5.74) is 2.94. The first-order valence-corrected chi connectivity index (χ1v) is 6.24. The number of Topliss-reactive ketones (excluding diaryl/α,β-unsaturated/α-hetero) is 1. The maximum Gasteiger partial charge on any atom is 0.299 e. The Morgan fingerprint density at radius 2 is 1.95 bits per heavy atom. The molecule has 0 bridgehead atoms. The van der Waals surface area contributed by atoms with Crippen LogP contribution in [0.2, 0.25) is 0 Å². The van der Waals surface area contributed by atoms with E-state index in [0.29, 0.717) is 23.0 Å². The van der Waals surface area contributed by atoms with Gasteiger partial charge in [0.2, 0.25) is 5.89 Å². The number of nitrogens with zero attached hydrogens (tertiary/aromatic N) is 3. The van der Waals surface area contributed by atoms with Crippen molar-refractivity contribution in [1.29, 1.82) is 0 Å². The molecule has 20 heavy (non-hydrogen) atoms. The highest BCUT2D eigenvalue weighted by atomic mass is 16.5. The number of amides is 1. The molecule has 0 aliphatic carbocycles. The minimum Gasteiger partial charge on any atom is -0.340 e. The third kappa shape index (κ3) is 1.80. The van der Waals surface area contributed by atoms with Crippen LogP contribution >= 0.6 is 0 Å². The maximum atomic E-state index is 12.1. The summed E-state index contributed by atoms with van der Waals surface area (Å²) in [5.74, 6) is -0.210. The van der Waals surface area contributed by atoms with E-state index in [1.165, 1.54) is 4.90 Å². The largest absolute Gasteiger partial charge is 0.340 e. The molecule has 102 valence electrons. The van der Waals surface area contributed by atoms with Gasteiger partial charge >= 0.3 is 0 Å². The minimum atomic E-state index is -0.545. The fourth-order valence-corrected chi connectivity index (χ4v) is 2.53. The van der Waals surface area contributed by atoms with Gasteiger partial charge in [0.05, 0.1) is 17.8 Å². The zero-order valence-corrected chi connectivity index (χ0v) is 11.4. The average molecular weight is 271 g/mol. The van der Waals surface area contributed by atoms with Crippen LogP contribution in [-0.4, -0.2) is 21.8 Å². The van der Waals surface area contributed by atoms with Crippen LogP contribution in [0.3, 0.4) is 0 Å². The summed E-state index contributed by atoms with van der Waals surface area (Å²) in [6.45, 7) is 5.59. The summed E-state index contributed by atoms with van der Waals surface area (Å²) >= 11 is 0. The summed E-state index contributed by atoms with van der Waals surface area (Å²) in [4.78, 5) is 29.7. The van der Waals surface area contributed by atoms with E-state index in [1.54, 1.807) is 13.0 Å². The first-order chi connectivity index (χ1) is 9.47. The number of carbonyl (C=O) groups excluding carboxylic acids is 2. The van der Waals surface area contributed by atoms with Crippen molar-refractivity contribution < 1.29 is 14.1 Å². The van der Waals surface area contributed by atoms with E-state index < -0.39 is 11.7 Å². The Balaban J connectivity index is 2.06. The number of carbonyl (C=O) groups is 2. The van der Waals surface area contributed by atoms with Crippen molar-refractivity contribution in [3.8, 4) is 0 Å². The van der Waals surface area contributed by atoms with Crippen molar-refractivity contribution in [3.63, 3.8) is 0 Å². The van der Waals surface area contributed by atoms with Gasteiger partial charge in [0.1, 0.15) is 0 Å². The molecule has 0 spiro atoms. The molecule has 3 rings (SSSR count). The van der Waals surface area contributed by atoms with E-state index in [4.69, 9.17) is 4.52 Å². The van der Waals surface area contributed by atoms with Crippen LogP contribution in [0.5, 0.6) is 0 Å². The normalized spacial score (nSPS) is 14.1. The number of hydrogen-bond acceptors (Lipinski definition) is 5. The highest BCUT2D eigenvalue weighted by Gasteiger charge is 2.37. The van der Waals surface area contributed by atoms with E-state index in [-0.39, 0.29) is 6.54 Å². The molecule has 2 heterocycles. The molecule has 6 nitrogen and oxygen atoms in total. The fraction of sp³-hybridized carbons (Fsp3) is 0.286. The Morgan fingerprint density at radius 3 is 2.60 bits per heavy atom. The molecular formula is C14H13N3O3. The Hall–Kier alpha value is -2.50. The van der Waals surface area contributed by atoms with Crippen LogP contribution < -0.4 is 4.90 Å². The highest BCUT2D eigenvalue weighted by Crippen LogP contribution is 2.34. The molecule has 6 heteroatoms. The van der Waals surface area contributed by atoms with E-state index in [1.807, 2.05) is 19.9 Å². The number of rotatable bonds is 2. The molecule has 0 atom stereocenters. The maximum absolute atomic E-state index is 12.1. The summed E-state index contributed by atoms with van der Waals surface area (Å²) in [7, 11) is 0. The van der Waals surface area contributed by atoms with Crippen molar-refractivity contribution in [1.82, 2.24) is 10.1 Å². The molecule has 2 aromatic rings. The summed E-state index contributed by atoms with van der Waals surface area (Å²) in [6.07, 6.45) is 0. The molecule has 0 unspecified atom stereocenters. The number of fused-ring (bicyclic) bond motifs is 1. The lowest BCUT2D eigenvalue weighted by Crippen LogP contribution is -2.30. The molecule has 1 aromatic heterocycles. The zero-order chi connectivity index (χ0) is 14.4. The average Bonchev–Trinajstić information content (AvgIpc) is 2.88. The van der Waals surface area contributed by atoms with Crippen LogP contribution in [0.4, 0.5) is 5.69 Å². The summed E-state index contributed by atoms with van der Waals surface area (Å²) in [6, 6.07) is 3.68. The van der Waals surface area contributed by atoms with Crippen molar-refractivity contribution in [3.05, 3.63) is 40.5 Å². The van der Waals surface area contributed by atoms with E-state index in [2.05, 4.69) is 10.1 Å². The van der Waals surface area contributed by atoms with Gasteiger partial charge in [-0.05, 0) is 31.0 Å². The highest BCUT2D eigenvalue weighted by molar-refractivity contribution is 6.52. The van der Waals surface area contributed by atoms with E-state index in [0.717, 1.165) is 11.1 Å². The third-order valence-electron chi connectivity index (χ3n) is 3.27. The quantitative estimate of drug-likeness (QED) is 0.777. The number of aromatic nitrogens is 2. The lowest BCUT2D eigenvalue weighted by Gasteiger charge is -2.16. The van der Waals surface area contributed by atoms with Gasteiger partial charge in [0.15, 0.2) is 5.82 Å². The van der Waals surface area contributed by atoms with E-state index in [9.17, 15) is 9.59 Å². The lowest BCUT2D eigenvalue weighted by molar-refractivity contribution is -0.114. The molecule has 0 fully saturated rings. The van der Waals surface area contributed by atoms with Crippen molar-refractivity contribution in [2.75, 3.05) is 4.90 Å².